The van der Waals surface area contributed by atoms with E-state index in [2.05, 4.69) is 0 Å². The average molecular weight is 325 g/mol. The number of ketones is 1. The summed E-state index contributed by atoms with van der Waals surface area (Å²) in [4.78, 5) is 24.9. The van der Waals surface area contributed by atoms with E-state index in [4.69, 9.17) is 4.74 Å². The predicted molar refractivity (Wildman–Crippen MR) is 90.2 cm³/mol. The number of hydrogen-bond donors (Lipinski definition) is 0. The molecule has 2 aromatic carbocycles. The van der Waals surface area contributed by atoms with Crippen molar-refractivity contribution in [3.63, 3.8) is 0 Å². The minimum atomic E-state index is -0.358. The number of rotatable bonds is 4. The number of methoxy groups -OCH3 is 1. The Bertz CT molecular complexity index is 992. The van der Waals surface area contributed by atoms with Crippen LogP contribution in [0.15, 0.2) is 53.5 Å². The van der Waals surface area contributed by atoms with Crippen LogP contribution in [0.25, 0.3) is 10.8 Å². The maximum absolute atomic E-state index is 13.3. The highest BCUT2D eigenvalue weighted by atomic mass is 19.1. The number of hydrogen-bond acceptors (Lipinski definition) is 3. The van der Waals surface area contributed by atoms with Crippen molar-refractivity contribution in [1.82, 2.24) is 4.57 Å². The quantitative estimate of drug-likeness (QED) is 0.691. The van der Waals surface area contributed by atoms with Gasteiger partial charge in [-0.3, -0.25) is 9.59 Å². The molecule has 4 nitrogen and oxygen atoms in total. The van der Waals surface area contributed by atoms with Crippen molar-refractivity contribution < 1.29 is 13.9 Å². The van der Waals surface area contributed by atoms with Crippen LogP contribution in [0, 0.1) is 12.7 Å². The number of carbonyl (C=O) groups is 1. The van der Waals surface area contributed by atoms with E-state index in [9.17, 15) is 14.0 Å². The molecular weight excluding hydrogens is 309 g/mol. The first kappa shape index (κ1) is 15.9. The Hall–Kier alpha value is -2.95. The summed E-state index contributed by atoms with van der Waals surface area (Å²) < 4.78 is 19.8. The van der Waals surface area contributed by atoms with Gasteiger partial charge in [0.1, 0.15) is 11.6 Å². The van der Waals surface area contributed by atoms with Crippen molar-refractivity contribution in [2.75, 3.05) is 7.11 Å². The van der Waals surface area contributed by atoms with Gasteiger partial charge in [-0.05, 0) is 60.3 Å². The summed E-state index contributed by atoms with van der Waals surface area (Å²) in [5.41, 5.74) is 0.539. The molecule has 0 bridgehead atoms. The number of fused-ring (bicyclic) bond motifs is 1. The number of halogens is 1. The van der Waals surface area contributed by atoms with E-state index in [1.165, 1.54) is 22.8 Å². The largest absolute Gasteiger partial charge is 0.497 e. The van der Waals surface area contributed by atoms with Gasteiger partial charge in [0.2, 0.25) is 0 Å². The van der Waals surface area contributed by atoms with Crippen LogP contribution in [0.2, 0.25) is 0 Å². The number of Topliss-reactive ketones (excluding diaryl/α,β-unsaturated/α-hetero) is 1. The van der Waals surface area contributed by atoms with Crippen LogP contribution in [-0.4, -0.2) is 17.5 Å². The van der Waals surface area contributed by atoms with Gasteiger partial charge in [0.15, 0.2) is 5.78 Å². The smallest absolute Gasteiger partial charge is 0.258 e. The molecule has 3 rings (SSSR count). The lowest BCUT2D eigenvalue weighted by Crippen LogP contribution is -2.23. The second-order valence-corrected chi connectivity index (χ2v) is 5.59. The molecular formula is C19H16FNO3. The fraction of sp³-hybridized carbons (Fsp3) is 0.158. The summed E-state index contributed by atoms with van der Waals surface area (Å²) in [6, 6.07) is 11.1. The lowest BCUT2D eigenvalue weighted by Gasteiger charge is -2.08. The zero-order chi connectivity index (χ0) is 17.3. The van der Waals surface area contributed by atoms with Gasteiger partial charge in [0.25, 0.3) is 5.56 Å². The monoisotopic (exact) mass is 325 g/mol. The molecule has 0 fully saturated rings. The van der Waals surface area contributed by atoms with Crippen LogP contribution in [0.5, 0.6) is 5.75 Å². The summed E-state index contributed by atoms with van der Waals surface area (Å²) in [6.07, 6.45) is 1.58. The minimum Gasteiger partial charge on any atom is -0.497 e. The maximum Gasteiger partial charge on any atom is 0.258 e. The molecule has 0 saturated carbocycles. The highest BCUT2D eigenvalue weighted by molar-refractivity contribution is 5.96. The second kappa shape index (κ2) is 6.28. The summed E-state index contributed by atoms with van der Waals surface area (Å²) >= 11 is 0. The molecule has 24 heavy (non-hydrogen) atoms. The van der Waals surface area contributed by atoms with Crippen LogP contribution < -0.4 is 10.3 Å². The predicted octanol–water partition coefficient (Wildman–Crippen LogP) is 3.34. The molecule has 122 valence electrons. The first-order chi connectivity index (χ1) is 11.5. The maximum atomic E-state index is 13.3. The van der Waals surface area contributed by atoms with Gasteiger partial charge in [-0.15, -0.1) is 0 Å². The minimum absolute atomic E-state index is 0.0914. The van der Waals surface area contributed by atoms with Crippen molar-refractivity contribution in [1.29, 1.82) is 0 Å². The van der Waals surface area contributed by atoms with Crippen molar-refractivity contribution in [2.45, 2.75) is 13.5 Å². The Morgan fingerprint density at radius 3 is 2.67 bits per heavy atom. The summed E-state index contributed by atoms with van der Waals surface area (Å²) in [5.74, 6) is 0.0638. The first-order valence-electron chi connectivity index (χ1n) is 7.46. The van der Waals surface area contributed by atoms with Crippen LogP contribution in [0.3, 0.4) is 0 Å². The Morgan fingerprint density at radius 1 is 1.17 bits per heavy atom. The second-order valence-electron chi connectivity index (χ2n) is 5.59. The number of pyridine rings is 1. The molecule has 0 spiro atoms. The summed E-state index contributed by atoms with van der Waals surface area (Å²) in [6.45, 7) is 1.51. The van der Waals surface area contributed by atoms with E-state index in [0.717, 1.165) is 5.39 Å². The van der Waals surface area contributed by atoms with Crippen LogP contribution >= 0.6 is 0 Å². The summed E-state index contributed by atoms with van der Waals surface area (Å²) in [7, 11) is 1.56. The number of carbonyl (C=O) groups excluding carboxylic acids is 1. The molecule has 0 unspecified atom stereocenters. The van der Waals surface area contributed by atoms with Gasteiger partial charge >= 0.3 is 0 Å². The molecule has 5 heteroatoms. The van der Waals surface area contributed by atoms with Gasteiger partial charge in [-0.1, -0.05) is 0 Å². The van der Waals surface area contributed by atoms with Crippen LogP contribution in [0.4, 0.5) is 4.39 Å². The van der Waals surface area contributed by atoms with Crippen molar-refractivity contribution in [2.24, 2.45) is 0 Å². The highest BCUT2D eigenvalue weighted by Crippen LogP contribution is 2.18. The van der Waals surface area contributed by atoms with E-state index in [1.54, 1.807) is 44.5 Å². The number of ether oxygens (including phenoxy) is 1. The zero-order valence-corrected chi connectivity index (χ0v) is 13.4. The van der Waals surface area contributed by atoms with Crippen molar-refractivity contribution in [3.8, 4) is 5.75 Å². The fourth-order valence-corrected chi connectivity index (χ4v) is 2.58. The molecule has 0 aliphatic carbocycles. The van der Waals surface area contributed by atoms with Crippen molar-refractivity contribution >= 4 is 16.6 Å². The molecule has 0 saturated heterocycles. The Kier molecular flexibility index (Phi) is 4.16. The highest BCUT2D eigenvalue weighted by Gasteiger charge is 2.11. The van der Waals surface area contributed by atoms with E-state index in [1.807, 2.05) is 0 Å². The number of aromatic nitrogens is 1. The molecule has 1 aromatic heterocycles. The topological polar surface area (TPSA) is 48.3 Å². The van der Waals surface area contributed by atoms with Gasteiger partial charge in [-0.2, -0.15) is 0 Å². The Morgan fingerprint density at radius 2 is 1.96 bits per heavy atom. The Balaban J connectivity index is 1.95. The molecule has 0 aliphatic heterocycles. The van der Waals surface area contributed by atoms with E-state index >= 15 is 0 Å². The molecule has 1 heterocycles. The summed E-state index contributed by atoms with van der Waals surface area (Å²) in [5, 5.41) is 1.27. The van der Waals surface area contributed by atoms with Gasteiger partial charge < -0.3 is 9.30 Å². The third kappa shape index (κ3) is 2.93. The molecule has 0 radical (unpaired) electrons. The number of aryl methyl sites for hydroxylation is 1. The SMILES string of the molecule is COc1ccc2c(=O)n(CC(=O)c3ccc(F)c(C)c3)ccc2c1. The van der Waals surface area contributed by atoms with Crippen molar-refractivity contribution in [3.05, 3.63) is 76.0 Å². The third-order valence-corrected chi connectivity index (χ3v) is 3.98. The number of nitrogens with zero attached hydrogens (tertiary/aromatic N) is 1. The van der Waals surface area contributed by atoms with Crippen LogP contribution in [-0.2, 0) is 6.54 Å². The fourth-order valence-electron chi connectivity index (χ4n) is 2.58. The van der Waals surface area contributed by atoms with Crippen LogP contribution in [0.1, 0.15) is 15.9 Å². The molecule has 0 atom stereocenters. The molecule has 0 aliphatic rings. The van der Waals surface area contributed by atoms with E-state index < -0.39 is 0 Å². The number of benzene rings is 2. The molecule has 0 amide bonds. The normalized spacial score (nSPS) is 10.8. The third-order valence-electron chi connectivity index (χ3n) is 3.98. The molecule has 3 aromatic rings. The lowest BCUT2D eigenvalue weighted by atomic mass is 10.1. The van der Waals surface area contributed by atoms with E-state index in [-0.39, 0.29) is 23.7 Å². The first-order valence-corrected chi connectivity index (χ1v) is 7.46. The lowest BCUT2D eigenvalue weighted by molar-refractivity contribution is 0.0971. The van der Waals surface area contributed by atoms with Gasteiger partial charge in [-0.25, -0.2) is 4.39 Å². The van der Waals surface area contributed by atoms with Gasteiger partial charge in [0, 0.05) is 17.1 Å². The standard InChI is InChI=1S/C19H16FNO3/c1-12-9-14(3-6-17(12)20)18(22)11-21-8-7-13-10-15(24-2)4-5-16(13)19(21)23/h3-10H,11H2,1-2H3. The van der Waals surface area contributed by atoms with E-state index in [0.29, 0.717) is 22.3 Å². The average Bonchev–Trinajstić information content (AvgIpc) is 2.59. The Labute approximate surface area is 138 Å². The zero-order valence-electron chi connectivity index (χ0n) is 13.4. The molecule has 0 N–H and O–H groups in total. The van der Waals surface area contributed by atoms with Gasteiger partial charge in [0.05, 0.1) is 13.7 Å².